The van der Waals surface area contributed by atoms with Crippen molar-refractivity contribution in [3.8, 4) is 0 Å². The Kier molecular flexibility index (Phi) is 6.44. The normalized spacial score (nSPS) is 12.1. The van der Waals surface area contributed by atoms with Gasteiger partial charge in [-0.1, -0.05) is 158 Å². The number of benzene rings is 6. The summed E-state index contributed by atoms with van der Waals surface area (Å²) in [5.74, 6) is 0. The zero-order valence-corrected chi connectivity index (χ0v) is 24.5. The van der Waals surface area contributed by atoms with Crippen molar-refractivity contribution >= 4 is 80.1 Å². The summed E-state index contributed by atoms with van der Waals surface area (Å²) in [6, 6.07) is 56.0. The molecule has 0 aliphatic carbocycles. The van der Waals surface area contributed by atoms with Crippen molar-refractivity contribution in [2.24, 2.45) is 0 Å². The molecule has 41 heavy (non-hydrogen) atoms. The Balaban J connectivity index is 1.63. The van der Waals surface area contributed by atoms with Crippen LogP contribution in [0.3, 0.4) is 0 Å². The van der Waals surface area contributed by atoms with Gasteiger partial charge in [0, 0.05) is 10.8 Å². The summed E-state index contributed by atoms with van der Waals surface area (Å²) in [4.78, 5) is 0. The van der Waals surface area contributed by atoms with Crippen LogP contribution >= 0.6 is 13.8 Å². The first kappa shape index (κ1) is 25.7. The maximum absolute atomic E-state index is 6.65. The molecule has 0 N–H and O–H groups in total. The third-order valence-corrected chi connectivity index (χ3v) is 15.2. The van der Waals surface area contributed by atoms with Crippen LogP contribution < -0.4 is 31.8 Å². The van der Waals surface area contributed by atoms with Gasteiger partial charge in [0.05, 0.1) is 0 Å². The largest absolute Gasteiger partial charge is 0.456 e. The third kappa shape index (κ3) is 4.08. The highest BCUT2D eigenvalue weighted by molar-refractivity contribution is 7.94. The lowest BCUT2D eigenvalue weighted by molar-refractivity contribution is 0.669. The van der Waals surface area contributed by atoms with E-state index in [1.807, 2.05) is 0 Å². The molecule has 7 aromatic rings. The van der Waals surface area contributed by atoms with Gasteiger partial charge in [-0.05, 0) is 57.7 Å². The maximum atomic E-state index is 6.65. The lowest BCUT2D eigenvalue weighted by atomic mass is 10.1. The van der Waals surface area contributed by atoms with Crippen molar-refractivity contribution in [3.63, 3.8) is 0 Å². The molecule has 3 heteroatoms. The van der Waals surface area contributed by atoms with Gasteiger partial charge in [-0.2, -0.15) is 0 Å². The van der Waals surface area contributed by atoms with Gasteiger partial charge in [-0.15, -0.1) is 0 Å². The Morgan fingerprint density at radius 2 is 0.634 bits per heavy atom. The van der Waals surface area contributed by atoms with Crippen LogP contribution in [0.5, 0.6) is 0 Å². The highest BCUT2D eigenvalue weighted by Gasteiger charge is 2.30. The van der Waals surface area contributed by atoms with Crippen LogP contribution in [-0.2, 0) is 0 Å². The predicted octanol–water partition coefficient (Wildman–Crippen LogP) is 7.04. The van der Waals surface area contributed by atoms with Crippen molar-refractivity contribution in [2.45, 2.75) is 0 Å². The van der Waals surface area contributed by atoms with E-state index in [9.17, 15) is 0 Å². The van der Waals surface area contributed by atoms with E-state index in [2.05, 4.69) is 158 Å². The minimum Gasteiger partial charge on any atom is -0.456 e. The van der Waals surface area contributed by atoms with Crippen molar-refractivity contribution < 1.29 is 4.42 Å². The highest BCUT2D eigenvalue weighted by Crippen LogP contribution is 2.49. The maximum Gasteiger partial charge on any atom is 0.136 e. The van der Waals surface area contributed by atoms with Gasteiger partial charge in [0.15, 0.2) is 0 Å². The molecule has 0 amide bonds. The molecule has 1 heterocycles. The minimum absolute atomic E-state index is 0.887. The molecule has 6 aromatic carbocycles. The first-order valence-corrected chi connectivity index (χ1v) is 17.7. The van der Waals surface area contributed by atoms with E-state index < -0.39 is 13.8 Å². The summed E-state index contributed by atoms with van der Waals surface area (Å²) in [5, 5.41) is 9.72. The Morgan fingerprint density at radius 3 is 0.927 bits per heavy atom. The van der Waals surface area contributed by atoms with Crippen molar-refractivity contribution in [2.75, 3.05) is 0 Å². The molecule has 0 aliphatic rings. The molecule has 0 radical (unpaired) electrons. The first-order chi connectivity index (χ1) is 20.1. The van der Waals surface area contributed by atoms with E-state index in [1.54, 1.807) is 0 Å². The van der Waals surface area contributed by atoms with E-state index in [0.717, 1.165) is 21.9 Å². The monoisotopic (exact) mass is 564 g/mol. The summed E-state index contributed by atoms with van der Waals surface area (Å²) in [6.45, 7) is -4.55. The van der Waals surface area contributed by atoms with Crippen molar-refractivity contribution in [3.05, 3.63) is 158 Å². The fraction of sp³-hybridized carbons (Fsp3) is 0. The average Bonchev–Trinajstić information content (AvgIpc) is 3.45. The molecule has 198 valence electrons. The fourth-order valence-corrected chi connectivity index (χ4v) is 12.4. The Bertz CT molecular complexity index is 1840. The summed E-state index contributed by atoms with van der Waals surface area (Å²) in [7, 11) is 0. The number of fused-ring (bicyclic) bond motifs is 3. The van der Waals surface area contributed by atoms with Gasteiger partial charge < -0.3 is 4.42 Å². The number of hydrogen-bond acceptors (Lipinski definition) is 1. The standard InChI is InChI=1S/C38H30OP2/c1-40(29-17-7-3-8-18-29,30-19-9-4-10-20-30)35-27-15-25-33-37(35)38-34(39-33)26-16-28-36(38)41(2,31-21-11-5-12-22-31)32-23-13-6-14-24-32/h3-28H,1-2H2. The van der Waals surface area contributed by atoms with Gasteiger partial charge in [-0.3, -0.25) is 0 Å². The Morgan fingerprint density at radius 1 is 0.341 bits per heavy atom. The van der Waals surface area contributed by atoms with Crippen LogP contribution in [0.2, 0.25) is 0 Å². The molecule has 1 nitrogen and oxygen atoms in total. The molecule has 0 fully saturated rings. The average molecular weight is 565 g/mol. The Hall–Kier alpha value is -4.28. The number of hydrogen-bond donors (Lipinski definition) is 0. The van der Waals surface area contributed by atoms with Crippen molar-refractivity contribution in [1.82, 2.24) is 0 Å². The molecule has 0 unspecified atom stereocenters. The van der Waals surface area contributed by atoms with Crippen LogP contribution in [0, 0.1) is 0 Å². The zero-order chi connectivity index (χ0) is 27.9. The third-order valence-electron chi connectivity index (χ3n) is 8.09. The summed E-state index contributed by atoms with van der Waals surface area (Å²) >= 11 is 0. The second kappa shape index (κ2) is 10.3. The van der Waals surface area contributed by atoms with Crippen molar-refractivity contribution in [1.29, 1.82) is 0 Å². The molecule has 0 saturated heterocycles. The second-order valence-corrected chi connectivity index (χ2v) is 16.6. The topological polar surface area (TPSA) is 13.1 Å². The van der Waals surface area contributed by atoms with E-state index in [1.165, 1.54) is 31.8 Å². The van der Waals surface area contributed by atoms with Gasteiger partial charge in [0.2, 0.25) is 0 Å². The molecule has 7 rings (SSSR count). The van der Waals surface area contributed by atoms with Gasteiger partial charge >= 0.3 is 0 Å². The van der Waals surface area contributed by atoms with Gasteiger partial charge in [0.1, 0.15) is 11.2 Å². The smallest absolute Gasteiger partial charge is 0.136 e. The lowest BCUT2D eigenvalue weighted by Gasteiger charge is -2.29. The molecule has 1 aromatic heterocycles. The van der Waals surface area contributed by atoms with E-state index in [-0.39, 0.29) is 0 Å². The minimum atomic E-state index is -2.28. The summed E-state index contributed by atoms with van der Waals surface area (Å²) in [5.41, 5.74) is 1.77. The van der Waals surface area contributed by atoms with Gasteiger partial charge in [-0.25, -0.2) is 0 Å². The molecule has 0 aliphatic heterocycles. The molecule has 0 atom stereocenters. The fourth-order valence-electron chi connectivity index (χ4n) is 6.05. The second-order valence-electron chi connectivity index (χ2n) is 10.4. The highest BCUT2D eigenvalue weighted by atomic mass is 31.2. The Labute approximate surface area is 241 Å². The molecule has 0 bridgehead atoms. The molecule has 0 saturated carbocycles. The zero-order valence-electron chi connectivity index (χ0n) is 22.7. The first-order valence-electron chi connectivity index (χ1n) is 13.8. The van der Waals surface area contributed by atoms with Crippen LogP contribution in [0.1, 0.15) is 0 Å². The van der Waals surface area contributed by atoms with Crippen LogP contribution in [0.4, 0.5) is 0 Å². The van der Waals surface area contributed by atoms with E-state index in [4.69, 9.17) is 17.0 Å². The van der Waals surface area contributed by atoms with E-state index in [0.29, 0.717) is 0 Å². The van der Waals surface area contributed by atoms with Crippen LogP contribution in [-0.4, -0.2) is 12.6 Å². The van der Waals surface area contributed by atoms with Gasteiger partial charge in [0.25, 0.3) is 0 Å². The SMILES string of the molecule is C=P(c1ccccc1)(c1ccccc1)c1cccc2oc3cccc(P(=C)(c4ccccc4)c4ccccc4)c3c12. The van der Waals surface area contributed by atoms with Crippen LogP contribution in [0.15, 0.2) is 162 Å². The number of rotatable bonds is 6. The summed E-state index contributed by atoms with van der Waals surface area (Å²) < 4.78 is 6.65. The number of furan rings is 1. The summed E-state index contributed by atoms with van der Waals surface area (Å²) in [6.07, 6.45) is 10.2. The molecular formula is C38H30OP2. The molecular weight excluding hydrogens is 534 g/mol. The lowest BCUT2D eigenvalue weighted by Crippen LogP contribution is -2.28. The quantitative estimate of drug-likeness (QED) is 0.198. The molecule has 0 spiro atoms. The predicted molar refractivity (Wildman–Crippen MR) is 185 cm³/mol. The van der Waals surface area contributed by atoms with E-state index >= 15 is 0 Å². The van der Waals surface area contributed by atoms with Crippen LogP contribution in [0.25, 0.3) is 21.9 Å².